The van der Waals surface area contributed by atoms with Crippen LogP contribution in [0.1, 0.15) is 60.0 Å². The molecule has 0 saturated heterocycles. The standard InChI is InChI=1S/C20H19F2N5O2/c21-17(22)19-25-24-18(29-19)12-6-7-13-11-26(20(28)14(13)10-12)15-4-1-2-5-16(15)27-9-3-8-23-27/h3,6-10,15-17H,1-2,4-5,11H2/t15-,16-/m1/s1. The minimum Gasteiger partial charge on any atom is -0.415 e. The van der Waals surface area contributed by atoms with Crippen molar-refractivity contribution in [3.05, 3.63) is 53.7 Å². The van der Waals surface area contributed by atoms with Crippen molar-refractivity contribution in [2.24, 2.45) is 0 Å². The summed E-state index contributed by atoms with van der Waals surface area (Å²) in [7, 11) is 0. The SMILES string of the molecule is O=C1c2cc(-c3nnc(C(F)F)o3)ccc2CN1[C@@H]1CCCC[C@H]1n1cccn1. The Morgan fingerprint density at radius 1 is 1.14 bits per heavy atom. The fourth-order valence-electron chi connectivity index (χ4n) is 4.40. The second-order valence-electron chi connectivity index (χ2n) is 7.46. The zero-order valence-corrected chi connectivity index (χ0v) is 15.5. The molecule has 3 heterocycles. The van der Waals surface area contributed by atoms with Crippen LogP contribution in [0, 0.1) is 0 Å². The molecule has 1 fully saturated rings. The second-order valence-corrected chi connectivity index (χ2v) is 7.46. The van der Waals surface area contributed by atoms with Crippen molar-refractivity contribution < 1.29 is 18.0 Å². The van der Waals surface area contributed by atoms with E-state index in [4.69, 9.17) is 4.42 Å². The van der Waals surface area contributed by atoms with Crippen molar-refractivity contribution in [1.82, 2.24) is 24.9 Å². The summed E-state index contributed by atoms with van der Waals surface area (Å²) in [5.41, 5.74) is 1.94. The summed E-state index contributed by atoms with van der Waals surface area (Å²) < 4.78 is 32.4. The quantitative estimate of drug-likeness (QED) is 0.663. The third-order valence-electron chi connectivity index (χ3n) is 5.78. The van der Waals surface area contributed by atoms with Gasteiger partial charge >= 0.3 is 6.43 Å². The summed E-state index contributed by atoms with van der Waals surface area (Å²) in [6.07, 6.45) is 4.99. The lowest BCUT2D eigenvalue weighted by molar-refractivity contribution is 0.0559. The van der Waals surface area contributed by atoms with Gasteiger partial charge in [-0.25, -0.2) is 0 Å². The third kappa shape index (κ3) is 3.10. The van der Waals surface area contributed by atoms with E-state index >= 15 is 0 Å². The van der Waals surface area contributed by atoms with E-state index in [0.717, 1.165) is 31.2 Å². The van der Waals surface area contributed by atoms with Gasteiger partial charge in [-0.1, -0.05) is 18.9 Å². The van der Waals surface area contributed by atoms with Crippen LogP contribution in [-0.4, -0.2) is 36.8 Å². The zero-order chi connectivity index (χ0) is 20.0. The monoisotopic (exact) mass is 399 g/mol. The van der Waals surface area contributed by atoms with Crippen LogP contribution in [-0.2, 0) is 6.54 Å². The Morgan fingerprint density at radius 3 is 2.69 bits per heavy atom. The van der Waals surface area contributed by atoms with Crippen LogP contribution in [0.15, 0.2) is 41.1 Å². The number of alkyl halides is 2. The Kier molecular flexibility index (Phi) is 4.37. The molecule has 2 atom stereocenters. The molecule has 29 heavy (non-hydrogen) atoms. The first-order valence-corrected chi connectivity index (χ1v) is 9.67. The summed E-state index contributed by atoms with van der Waals surface area (Å²) in [6.45, 7) is 0.531. The predicted octanol–water partition coefficient (Wildman–Crippen LogP) is 4.01. The summed E-state index contributed by atoms with van der Waals surface area (Å²) in [4.78, 5) is 15.1. The smallest absolute Gasteiger partial charge is 0.314 e. The van der Waals surface area contributed by atoms with E-state index in [2.05, 4.69) is 15.3 Å². The van der Waals surface area contributed by atoms with Gasteiger partial charge in [0.25, 0.3) is 11.8 Å². The fraction of sp³-hybridized carbons (Fsp3) is 0.400. The Balaban J connectivity index is 1.43. The molecule has 1 amide bonds. The van der Waals surface area contributed by atoms with E-state index in [1.165, 1.54) is 0 Å². The highest BCUT2D eigenvalue weighted by molar-refractivity contribution is 5.99. The first kappa shape index (κ1) is 18.0. The number of carbonyl (C=O) groups excluding carboxylic acids is 1. The Labute approximate surface area is 165 Å². The van der Waals surface area contributed by atoms with E-state index in [1.807, 2.05) is 27.9 Å². The van der Waals surface area contributed by atoms with Crippen molar-refractivity contribution in [1.29, 1.82) is 0 Å². The molecule has 0 N–H and O–H groups in total. The van der Waals surface area contributed by atoms with Gasteiger partial charge < -0.3 is 9.32 Å². The molecule has 1 aliphatic carbocycles. The number of amides is 1. The average molecular weight is 399 g/mol. The molecule has 0 unspecified atom stereocenters. The largest absolute Gasteiger partial charge is 0.415 e. The molecule has 1 saturated carbocycles. The number of benzene rings is 1. The minimum absolute atomic E-state index is 0.0126. The predicted molar refractivity (Wildman–Crippen MR) is 98.1 cm³/mol. The number of halogens is 2. The molecule has 0 radical (unpaired) electrons. The molecule has 150 valence electrons. The van der Waals surface area contributed by atoms with E-state index in [0.29, 0.717) is 17.7 Å². The fourth-order valence-corrected chi connectivity index (χ4v) is 4.40. The number of hydrogen-bond acceptors (Lipinski definition) is 5. The lowest BCUT2D eigenvalue weighted by atomic mass is 9.89. The van der Waals surface area contributed by atoms with Crippen molar-refractivity contribution in [2.45, 2.75) is 50.7 Å². The molecular weight excluding hydrogens is 380 g/mol. The Morgan fingerprint density at radius 2 is 1.97 bits per heavy atom. The van der Waals surface area contributed by atoms with Crippen LogP contribution in [0.4, 0.5) is 8.78 Å². The highest BCUT2D eigenvalue weighted by atomic mass is 19.3. The molecular formula is C20H19F2N5O2. The lowest BCUT2D eigenvalue weighted by Crippen LogP contribution is -2.43. The lowest BCUT2D eigenvalue weighted by Gasteiger charge is -2.38. The van der Waals surface area contributed by atoms with Crippen LogP contribution in [0.3, 0.4) is 0 Å². The van der Waals surface area contributed by atoms with Gasteiger partial charge in [0.1, 0.15) is 0 Å². The molecule has 5 rings (SSSR count). The van der Waals surface area contributed by atoms with Crippen molar-refractivity contribution in [3.63, 3.8) is 0 Å². The van der Waals surface area contributed by atoms with Gasteiger partial charge in [0.05, 0.1) is 12.1 Å². The van der Waals surface area contributed by atoms with Crippen LogP contribution in [0.2, 0.25) is 0 Å². The number of fused-ring (bicyclic) bond motifs is 1. The molecule has 3 aromatic rings. The molecule has 1 aliphatic heterocycles. The molecule has 2 aromatic heterocycles. The highest BCUT2D eigenvalue weighted by Gasteiger charge is 2.39. The van der Waals surface area contributed by atoms with Crippen molar-refractivity contribution in [2.75, 3.05) is 0 Å². The summed E-state index contributed by atoms with van der Waals surface area (Å²) >= 11 is 0. The van der Waals surface area contributed by atoms with Gasteiger partial charge in [0.2, 0.25) is 5.89 Å². The number of hydrogen-bond donors (Lipinski definition) is 0. The Hall–Kier alpha value is -3.10. The molecule has 1 aromatic carbocycles. The van der Waals surface area contributed by atoms with Gasteiger partial charge in [0.15, 0.2) is 0 Å². The first-order chi connectivity index (χ1) is 14.1. The molecule has 9 heteroatoms. The van der Waals surface area contributed by atoms with E-state index in [1.54, 1.807) is 18.3 Å². The zero-order valence-electron chi connectivity index (χ0n) is 15.5. The summed E-state index contributed by atoms with van der Waals surface area (Å²) in [5.74, 6) is -0.793. The van der Waals surface area contributed by atoms with E-state index < -0.39 is 12.3 Å². The number of nitrogens with zero attached hydrogens (tertiary/aromatic N) is 5. The van der Waals surface area contributed by atoms with Crippen LogP contribution < -0.4 is 0 Å². The van der Waals surface area contributed by atoms with Gasteiger partial charge in [-0.15, -0.1) is 10.2 Å². The van der Waals surface area contributed by atoms with Crippen LogP contribution in [0.25, 0.3) is 11.5 Å². The Bertz CT molecular complexity index is 1030. The van der Waals surface area contributed by atoms with Gasteiger partial charge in [-0.05, 0) is 36.6 Å². The van der Waals surface area contributed by atoms with Crippen molar-refractivity contribution in [3.8, 4) is 11.5 Å². The third-order valence-corrected chi connectivity index (χ3v) is 5.78. The van der Waals surface area contributed by atoms with Gasteiger partial charge in [-0.3, -0.25) is 9.48 Å². The maximum absolute atomic E-state index is 13.2. The summed E-state index contributed by atoms with van der Waals surface area (Å²) in [6, 6.07) is 7.34. The molecule has 7 nitrogen and oxygen atoms in total. The maximum atomic E-state index is 13.2. The first-order valence-electron chi connectivity index (χ1n) is 9.67. The van der Waals surface area contributed by atoms with Crippen LogP contribution in [0.5, 0.6) is 0 Å². The normalized spacial score (nSPS) is 21.8. The summed E-state index contributed by atoms with van der Waals surface area (Å²) in [5, 5.41) is 11.4. The number of rotatable bonds is 4. The van der Waals surface area contributed by atoms with Crippen molar-refractivity contribution >= 4 is 5.91 Å². The van der Waals surface area contributed by atoms with Gasteiger partial charge in [0, 0.05) is 30.1 Å². The van der Waals surface area contributed by atoms with Gasteiger partial charge in [-0.2, -0.15) is 13.9 Å². The highest BCUT2D eigenvalue weighted by Crippen LogP contribution is 2.37. The van der Waals surface area contributed by atoms with E-state index in [-0.39, 0.29) is 23.9 Å². The average Bonchev–Trinajstić information content (AvgIpc) is 3.48. The second kappa shape index (κ2) is 7.06. The maximum Gasteiger partial charge on any atom is 0.314 e. The number of aromatic nitrogens is 4. The molecule has 0 bridgehead atoms. The number of carbonyl (C=O) groups is 1. The molecule has 2 aliphatic rings. The van der Waals surface area contributed by atoms with E-state index in [9.17, 15) is 13.6 Å². The molecule has 0 spiro atoms. The topological polar surface area (TPSA) is 77.0 Å². The minimum atomic E-state index is -2.83. The van der Waals surface area contributed by atoms with Crippen LogP contribution >= 0.6 is 0 Å².